The SMILES string of the molecule is O=C1N(c2ccc3c(c2)OCO3)[C@@H](c2ccccc2)C1(F)F. The zero-order valence-electron chi connectivity index (χ0n) is 11.3. The largest absolute Gasteiger partial charge is 0.454 e. The second-order valence-electron chi connectivity index (χ2n) is 5.15. The Morgan fingerprint density at radius 3 is 2.55 bits per heavy atom. The van der Waals surface area contributed by atoms with E-state index in [1.807, 2.05) is 0 Å². The van der Waals surface area contributed by atoms with Crippen molar-refractivity contribution >= 4 is 11.6 Å². The molecule has 4 nitrogen and oxygen atoms in total. The Morgan fingerprint density at radius 1 is 1.05 bits per heavy atom. The van der Waals surface area contributed by atoms with Gasteiger partial charge in [0.2, 0.25) is 6.79 Å². The number of carbonyl (C=O) groups is 1. The van der Waals surface area contributed by atoms with Crippen LogP contribution < -0.4 is 14.4 Å². The van der Waals surface area contributed by atoms with Crippen molar-refractivity contribution in [2.24, 2.45) is 0 Å². The summed E-state index contributed by atoms with van der Waals surface area (Å²) >= 11 is 0. The van der Waals surface area contributed by atoms with Crippen LogP contribution in [0.3, 0.4) is 0 Å². The number of fused-ring (bicyclic) bond motifs is 1. The molecule has 1 saturated heterocycles. The Kier molecular flexibility index (Phi) is 2.63. The molecule has 1 atom stereocenters. The third-order valence-corrected chi connectivity index (χ3v) is 3.86. The molecule has 0 N–H and O–H groups in total. The summed E-state index contributed by atoms with van der Waals surface area (Å²) in [4.78, 5) is 13.0. The maximum absolute atomic E-state index is 14.0. The van der Waals surface area contributed by atoms with Gasteiger partial charge in [-0.25, -0.2) is 0 Å². The average molecular weight is 303 g/mol. The Bertz CT molecular complexity index is 748. The monoisotopic (exact) mass is 303 g/mol. The Balaban J connectivity index is 1.75. The topological polar surface area (TPSA) is 38.8 Å². The van der Waals surface area contributed by atoms with Crippen LogP contribution in [-0.2, 0) is 4.79 Å². The number of carbonyl (C=O) groups excluding carboxylic acids is 1. The van der Waals surface area contributed by atoms with Crippen LogP contribution in [0.4, 0.5) is 14.5 Å². The third-order valence-electron chi connectivity index (χ3n) is 3.86. The van der Waals surface area contributed by atoms with Gasteiger partial charge in [-0.1, -0.05) is 30.3 Å². The van der Waals surface area contributed by atoms with E-state index in [0.717, 1.165) is 4.90 Å². The van der Waals surface area contributed by atoms with Gasteiger partial charge >= 0.3 is 11.8 Å². The zero-order valence-corrected chi connectivity index (χ0v) is 11.3. The van der Waals surface area contributed by atoms with Crippen LogP contribution in [0.1, 0.15) is 11.6 Å². The molecule has 2 aromatic carbocycles. The van der Waals surface area contributed by atoms with Crippen LogP contribution in [0.2, 0.25) is 0 Å². The van der Waals surface area contributed by atoms with E-state index in [9.17, 15) is 13.6 Å². The lowest BCUT2D eigenvalue weighted by Gasteiger charge is -2.46. The number of β-lactam (4-membered cyclic amide) rings is 1. The number of rotatable bonds is 2. The van der Waals surface area contributed by atoms with Gasteiger partial charge in [0.05, 0.1) is 0 Å². The first-order valence-electron chi connectivity index (χ1n) is 6.75. The Morgan fingerprint density at radius 2 is 1.77 bits per heavy atom. The summed E-state index contributed by atoms with van der Waals surface area (Å²) in [7, 11) is 0. The fourth-order valence-corrected chi connectivity index (χ4v) is 2.79. The summed E-state index contributed by atoms with van der Waals surface area (Å²) in [6, 6.07) is 11.7. The molecule has 2 aliphatic heterocycles. The predicted octanol–water partition coefficient (Wildman–Crippen LogP) is 3.14. The average Bonchev–Trinajstić information content (AvgIpc) is 3.00. The fraction of sp³-hybridized carbons (Fsp3) is 0.188. The lowest BCUT2D eigenvalue weighted by atomic mass is 9.89. The highest BCUT2D eigenvalue weighted by molar-refractivity contribution is 6.07. The molecular weight excluding hydrogens is 292 g/mol. The van der Waals surface area contributed by atoms with E-state index >= 15 is 0 Å². The van der Waals surface area contributed by atoms with Gasteiger partial charge in [-0.2, -0.15) is 8.78 Å². The Labute approximate surface area is 124 Å². The second kappa shape index (κ2) is 4.43. The smallest absolute Gasteiger partial charge is 0.349 e. The van der Waals surface area contributed by atoms with E-state index in [4.69, 9.17) is 9.47 Å². The van der Waals surface area contributed by atoms with Gasteiger partial charge in [-0.3, -0.25) is 9.69 Å². The van der Waals surface area contributed by atoms with Gasteiger partial charge in [0, 0.05) is 11.8 Å². The number of hydrogen-bond donors (Lipinski definition) is 0. The minimum atomic E-state index is -3.41. The van der Waals surface area contributed by atoms with Gasteiger partial charge in [0.1, 0.15) is 6.04 Å². The summed E-state index contributed by atoms with van der Waals surface area (Å²) in [5.41, 5.74) is 0.763. The van der Waals surface area contributed by atoms with Crippen LogP contribution in [-0.4, -0.2) is 18.6 Å². The van der Waals surface area contributed by atoms with Gasteiger partial charge in [-0.05, 0) is 17.7 Å². The Hall–Kier alpha value is -2.63. The highest BCUT2D eigenvalue weighted by Gasteiger charge is 2.64. The van der Waals surface area contributed by atoms with E-state index in [1.165, 1.54) is 0 Å². The number of nitrogens with zero attached hydrogens (tertiary/aromatic N) is 1. The number of hydrogen-bond acceptors (Lipinski definition) is 3. The number of amides is 1. The maximum Gasteiger partial charge on any atom is 0.349 e. The fourth-order valence-electron chi connectivity index (χ4n) is 2.79. The van der Waals surface area contributed by atoms with Crippen molar-refractivity contribution in [1.29, 1.82) is 0 Å². The lowest BCUT2D eigenvalue weighted by molar-refractivity contribution is -0.162. The van der Waals surface area contributed by atoms with Crippen LogP contribution in [0.5, 0.6) is 11.5 Å². The highest BCUT2D eigenvalue weighted by Crippen LogP contribution is 2.50. The van der Waals surface area contributed by atoms with Gasteiger partial charge in [0.15, 0.2) is 11.5 Å². The molecule has 1 amide bonds. The first-order valence-corrected chi connectivity index (χ1v) is 6.75. The van der Waals surface area contributed by atoms with Crippen molar-refractivity contribution in [2.75, 3.05) is 11.7 Å². The lowest BCUT2D eigenvalue weighted by Crippen LogP contribution is -2.64. The van der Waals surface area contributed by atoms with Gasteiger partial charge < -0.3 is 9.47 Å². The molecule has 4 rings (SSSR count). The molecule has 0 saturated carbocycles. The van der Waals surface area contributed by atoms with Crippen LogP contribution in [0.15, 0.2) is 48.5 Å². The summed E-state index contributed by atoms with van der Waals surface area (Å²) in [6.45, 7) is 0.0883. The van der Waals surface area contributed by atoms with E-state index < -0.39 is 17.9 Å². The van der Waals surface area contributed by atoms with Crippen molar-refractivity contribution in [3.05, 3.63) is 54.1 Å². The van der Waals surface area contributed by atoms with Gasteiger partial charge in [-0.15, -0.1) is 0 Å². The van der Waals surface area contributed by atoms with Crippen LogP contribution in [0.25, 0.3) is 0 Å². The predicted molar refractivity (Wildman–Crippen MR) is 74.2 cm³/mol. The maximum atomic E-state index is 14.0. The van der Waals surface area contributed by atoms with Crippen molar-refractivity contribution in [1.82, 2.24) is 0 Å². The second-order valence-corrected chi connectivity index (χ2v) is 5.15. The van der Waals surface area contributed by atoms with Crippen molar-refractivity contribution in [3.8, 4) is 11.5 Å². The number of halogens is 2. The van der Waals surface area contributed by atoms with Crippen molar-refractivity contribution in [2.45, 2.75) is 12.0 Å². The molecule has 2 aromatic rings. The van der Waals surface area contributed by atoms with Crippen LogP contribution >= 0.6 is 0 Å². The highest BCUT2D eigenvalue weighted by atomic mass is 19.3. The molecule has 0 aliphatic carbocycles. The molecule has 6 heteroatoms. The summed E-state index contributed by atoms with van der Waals surface area (Å²) in [5, 5.41) is 0. The first-order chi connectivity index (χ1) is 10.6. The molecular formula is C16H11F2NO3. The molecule has 0 spiro atoms. The standard InChI is InChI=1S/C16H11F2NO3/c17-16(18)14(10-4-2-1-3-5-10)19(15(16)20)11-6-7-12-13(8-11)22-9-21-12/h1-8,14H,9H2/t14-/m0/s1. The van der Waals surface area contributed by atoms with E-state index in [0.29, 0.717) is 22.7 Å². The quantitative estimate of drug-likeness (QED) is 0.800. The van der Waals surface area contributed by atoms with Crippen molar-refractivity contribution < 1.29 is 23.0 Å². The molecule has 0 bridgehead atoms. The summed E-state index contributed by atoms with van der Waals surface area (Å²) < 4.78 is 38.5. The molecule has 2 aliphatic rings. The molecule has 0 unspecified atom stereocenters. The minimum absolute atomic E-state index is 0.0883. The third kappa shape index (κ3) is 1.70. The number of benzene rings is 2. The van der Waals surface area contributed by atoms with Crippen molar-refractivity contribution in [3.63, 3.8) is 0 Å². The summed E-state index contributed by atoms with van der Waals surface area (Å²) in [6.07, 6.45) is 0. The number of anilines is 1. The van der Waals surface area contributed by atoms with Crippen LogP contribution in [0, 0.1) is 0 Å². The molecule has 0 aromatic heterocycles. The first kappa shape index (κ1) is 13.1. The molecule has 2 heterocycles. The minimum Gasteiger partial charge on any atom is -0.454 e. The molecule has 1 fully saturated rings. The van der Waals surface area contributed by atoms with E-state index in [1.54, 1.807) is 48.5 Å². The molecule has 112 valence electrons. The molecule has 22 heavy (non-hydrogen) atoms. The molecule has 0 radical (unpaired) electrons. The number of ether oxygens (including phenoxy) is 2. The number of alkyl halides is 2. The summed E-state index contributed by atoms with van der Waals surface area (Å²) in [5.74, 6) is -3.62. The van der Waals surface area contributed by atoms with Gasteiger partial charge in [0.25, 0.3) is 0 Å². The zero-order chi connectivity index (χ0) is 15.3. The van der Waals surface area contributed by atoms with E-state index in [-0.39, 0.29) is 6.79 Å². The normalized spacial score (nSPS) is 21.6. The van der Waals surface area contributed by atoms with E-state index in [2.05, 4.69) is 0 Å².